The molecule has 5 heteroatoms. The highest BCUT2D eigenvalue weighted by Gasteiger charge is 2.11. The van der Waals surface area contributed by atoms with Gasteiger partial charge < -0.3 is 9.47 Å². The minimum atomic E-state index is 0.0659. The number of aromatic nitrogens is 2. The largest absolute Gasteiger partial charge is 0.504 e. The maximum Gasteiger partial charge on any atom is 0.159 e. The average molecular weight is 409 g/mol. The molecule has 0 saturated heterocycles. The minimum Gasteiger partial charge on any atom is -0.504 e. The van der Waals surface area contributed by atoms with Crippen molar-refractivity contribution in [2.75, 3.05) is 7.11 Å². The molecule has 0 fully saturated rings. The number of nitrogens with zero attached hydrogens (tertiary/aromatic N) is 2. The Kier molecular flexibility index (Phi) is 6.89. The van der Waals surface area contributed by atoms with Crippen molar-refractivity contribution in [2.24, 2.45) is 0 Å². The summed E-state index contributed by atoms with van der Waals surface area (Å²) >= 11 is 6.35. The van der Waals surface area contributed by atoms with Gasteiger partial charge in [0.2, 0.25) is 0 Å². The molecular formula is C24H25ClN2O2. The van der Waals surface area contributed by atoms with Gasteiger partial charge in [-0.15, -0.1) is 0 Å². The van der Waals surface area contributed by atoms with Crippen molar-refractivity contribution in [1.82, 2.24) is 9.97 Å². The van der Waals surface area contributed by atoms with Crippen LogP contribution >= 0.6 is 11.6 Å². The third-order valence-corrected chi connectivity index (χ3v) is 4.76. The zero-order valence-electron chi connectivity index (χ0n) is 17.1. The quantitative estimate of drug-likeness (QED) is 0.422. The van der Waals surface area contributed by atoms with E-state index >= 15 is 0 Å². The second-order valence-electron chi connectivity index (χ2n) is 6.87. The molecule has 0 radical (unpaired) electrons. The standard InChI is InChI=1S/C24H25ClN2O2/c1-5-20-17(11-12-28-4)7-6-8-21(20)19-14-26-24(27-15-19)18-9-10-23(22(25)13-18)29-16(2)3/h6-16H,5H2,1-4H3. The van der Waals surface area contributed by atoms with Crippen LogP contribution in [0.3, 0.4) is 0 Å². The molecule has 0 unspecified atom stereocenters. The van der Waals surface area contributed by atoms with Crippen molar-refractivity contribution in [3.8, 4) is 28.3 Å². The fourth-order valence-electron chi connectivity index (χ4n) is 3.17. The van der Waals surface area contributed by atoms with E-state index in [1.165, 1.54) is 5.56 Å². The molecule has 0 aliphatic heterocycles. The van der Waals surface area contributed by atoms with Gasteiger partial charge in [-0.1, -0.05) is 36.7 Å². The van der Waals surface area contributed by atoms with Crippen LogP contribution in [0.15, 0.2) is 55.1 Å². The summed E-state index contributed by atoms with van der Waals surface area (Å²) in [5.41, 5.74) is 5.31. The smallest absolute Gasteiger partial charge is 0.159 e. The summed E-state index contributed by atoms with van der Waals surface area (Å²) in [6.45, 7) is 6.08. The molecule has 0 amide bonds. The van der Waals surface area contributed by atoms with Crippen LogP contribution < -0.4 is 4.74 Å². The lowest BCUT2D eigenvalue weighted by molar-refractivity contribution is 0.242. The zero-order chi connectivity index (χ0) is 20.8. The monoisotopic (exact) mass is 408 g/mol. The van der Waals surface area contributed by atoms with Crippen molar-refractivity contribution in [1.29, 1.82) is 0 Å². The molecule has 1 heterocycles. The van der Waals surface area contributed by atoms with E-state index in [-0.39, 0.29) is 6.10 Å². The summed E-state index contributed by atoms with van der Waals surface area (Å²) in [6.07, 6.45) is 8.33. The summed E-state index contributed by atoms with van der Waals surface area (Å²) in [5, 5.41) is 0.551. The molecule has 0 aliphatic rings. The van der Waals surface area contributed by atoms with Gasteiger partial charge in [0.1, 0.15) is 5.75 Å². The third kappa shape index (κ3) is 4.96. The van der Waals surface area contributed by atoms with E-state index in [9.17, 15) is 0 Å². The SMILES string of the molecule is CCc1c(C=COC)cccc1-c1cnc(-c2ccc(OC(C)C)c(Cl)c2)nc1. The van der Waals surface area contributed by atoms with E-state index in [2.05, 4.69) is 29.0 Å². The van der Waals surface area contributed by atoms with E-state index in [4.69, 9.17) is 21.1 Å². The summed E-state index contributed by atoms with van der Waals surface area (Å²) in [5.74, 6) is 1.29. The molecular weight excluding hydrogens is 384 g/mol. The highest BCUT2D eigenvalue weighted by Crippen LogP contribution is 2.31. The Bertz CT molecular complexity index is 998. The van der Waals surface area contributed by atoms with Gasteiger partial charge in [0.15, 0.2) is 5.82 Å². The number of hydrogen-bond donors (Lipinski definition) is 0. The molecule has 0 N–H and O–H groups in total. The predicted octanol–water partition coefficient (Wildman–Crippen LogP) is 6.43. The molecule has 0 saturated carbocycles. The van der Waals surface area contributed by atoms with Gasteiger partial charge >= 0.3 is 0 Å². The van der Waals surface area contributed by atoms with Gasteiger partial charge in [0.05, 0.1) is 24.5 Å². The molecule has 0 spiro atoms. The van der Waals surface area contributed by atoms with Gasteiger partial charge in [0, 0.05) is 23.5 Å². The first-order chi connectivity index (χ1) is 14.0. The summed E-state index contributed by atoms with van der Waals surface area (Å²) in [6, 6.07) is 11.8. The van der Waals surface area contributed by atoms with Gasteiger partial charge in [-0.05, 0) is 61.2 Å². The van der Waals surface area contributed by atoms with Crippen molar-refractivity contribution in [3.05, 3.63) is 71.2 Å². The molecule has 4 nitrogen and oxygen atoms in total. The number of rotatable bonds is 7. The maximum atomic E-state index is 6.35. The maximum absolute atomic E-state index is 6.35. The van der Waals surface area contributed by atoms with Gasteiger partial charge in [-0.3, -0.25) is 0 Å². The van der Waals surface area contributed by atoms with E-state index < -0.39 is 0 Å². The van der Waals surface area contributed by atoms with Crippen molar-refractivity contribution < 1.29 is 9.47 Å². The topological polar surface area (TPSA) is 44.2 Å². The van der Waals surface area contributed by atoms with Crippen LogP contribution in [0, 0.1) is 0 Å². The van der Waals surface area contributed by atoms with Crippen molar-refractivity contribution in [3.63, 3.8) is 0 Å². The van der Waals surface area contributed by atoms with Crippen LogP contribution in [0.4, 0.5) is 0 Å². The van der Waals surface area contributed by atoms with Crippen LogP contribution in [0.2, 0.25) is 5.02 Å². The lowest BCUT2D eigenvalue weighted by Gasteiger charge is -2.13. The predicted molar refractivity (Wildman–Crippen MR) is 119 cm³/mol. The number of halogens is 1. The highest BCUT2D eigenvalue weighted by molar-refractivity contribution is 6.32. The van der Waals surface area contributed by atoms with Crippen LogP contribution in [-0.4, -0.2) is 23.2 Å². The fraction of sp³-hybridized carbons (Fsp3) is 0.250. The van der Waals surface area contributed by atoms with Crippen LogP contribution in [-0.2, 0) is 11.2 Å². The summed E-state index contributed by atoms with van der Waals surface area (Å²) < 4.78 is 10.8. The Morgan fingerprint density at radius 2 is 1.83 bits per heavy atom. The Labute approximate surface area is 177 Å². The van der Waals surface area contributed by atoms with Crippen molar-refractivity contribution in [2.45, 2.75) is 33.3 Å². The van der Waals surface area contributed by atoms with Gasteiger partial charge in [-0.25, -0.2) is 9.97 Å². The lowest BCUT2D eigenvalue weighted by Crippen LogP contribution is -2.05. The molecule has 0 bridgehead atoms. The van der Waals surface area contributed by atoms with E-state index in [0.29, 0.717) is 16.6 Å². The Morgan fingerprint density at radius 1 is 1.07 bits per heavy atom. The normalized spacial score (nSPS) is 11.2. The van der Waals surface area contributed by atoms with E-state index in [1.807, 2.05) is 56.6 Å². The first kappa shape index (κ1) is 20.9. The molecule has 1 aromatic heterocycles. The Balaban J connectivity index is 1.91. The Morgan fingerprint density at radius 3 is 2.45 bits per heavy atom. The van der Waals surface area contributed by atoms with Crippen LogP contribution in [0.25, 0.3) is 28.6 Å². The number of methoxy groups -OCH3 is 1. The second kappa shape index (κ2) is 9.57. The first-order valence-corrected chi connectivity index (χ1v) is 10.0. The summed E-state index contributed by atoms with van der Waals surface area (Å²) in [4.78, 5) is 9.14. The zero-order valence-corrected chi connectivity index (χ0v) is 17.9. The molecule has 2 aromatic carbocycles. The molecule has 0 atom stereocenters. The number of hydrogen-bond acceptors (Lipinski definition) is 4. The molecule has 3 aromatic rings. The first-order valence-electron chi connectivity index (χ1n) is 9.63. The average Bonchev–Trinajstić information content (AvgIpc) is 2.73. The third-order valence-electron chi connectivity index (χ3n) is 4.47. The second-order valence-corrected chi connectivity index (χ2v) is 7.28. The molecule has 29 heavy (non-hydrogen) atoms. The molecule has 3 rings (SSSR count). The van der Waals surface area contributed by atoms with Gasteiger partial charge in [-0.2, -0.15) is 0 Å². The minimum absolute atomic E-state index is 0.0659. The highest BCUT2D eigenvalue weighted by atomic mass is 35.5. The molecule has 150 valence electrons. The lowest BCUT2D eigenvalue weighted by atomic mass is 9.95. The van der Waals surface area contributed by atoms with E-state index in [0.717, 1.165) is 28.7 Å². The van der Waals surface area contributed by atoms with Crippen molar-refractivity contribution >= 4 is 17.7 Å². The van der Waals surface area contributed by atoms with Crippen LogP contribution in [0.1, 0.15) is 31.9 Å². The number of ether oxygens (including phenoxy) is 2. The fourth-order valence-corrected chi connectivity index (χ4v) is 3.40. The van der Waals surface area contributed by atoms with Gasteiger partial charge in [0.25, 0.3) is 0 Å². The molecule has 0 aliphatic carbocycles. The van der Waals surface area contributed by atoms with Crippen LogP contribution in [0.5, 0.6) is 5.75 Å². The Hall–Kier alpha value is -2.85. The number of benzene rings is 2. The van der Waals surface area contributed by atoms with E-state index in [1.54, 1.807) is 13.4 Å². The summed E-state index contributed by atoms with van der Waals surface area (Å²) in [7, 11) is 1.65.